The standard InChI is InChI=1S/C24H39N7O6/c1-14(2)11-16(25)20(33)30-18(12-15-7-4-3-5-8-15)22(35)29-17(9-6-10-28-24(26)27)21(34)31-19(13-32)23(36)37/h3-5,7-8,14,16-19,32H,6,9-13,25H2,1-2H3,(H,29,35)(H,30,33)(H,31,34)(H,36,37)(H4,26,27,28). The van der Waals surface area contributed by atoms with Crippen molar-refractivity contribution in [2.45, 2.75) is 63.7 Å². The summed E-state index contributed by atoms with van der Waals surface area (Å²) in [7, 11) is 0. The molecule has 0 saturated heterocycles. The van der Waals surface area contributed by atoms with E-state index in [4.69, 9.17) is 22.3 Å². The monoisotopic (exact) mass is 521 g/mol. The van der Waals surface area contributed by atoms with Crippen LogP contribution in [0.15, 0.2) is 35.3 Å². The van der Waals surface area contributed by atoms with E-state index in [1.165, 1.54) is 0 Å². The quantitative estimate of drug-likeness (QED) is 0.0694. The van der Waals surface area contributed by atoms with E-state index in [2.05, 4.69) is 20.9 Å². The highest BCUT2D eigenvalue weighted by atomic mass is 16.4. The molecule has 0 heterocycles. The van der Waals surface area contributed by atoms with Crippen molar-refractivity contribution in [3.8, 4) is 0 Å². The molecular weight excluding hydrogens is 482 g/mol. The lowest BCUT2D eigenvalue weighted by Gasteiger charge is -2.25. The SMILES string of the molecule is CC(C)CC(N)C(=O)NC(Cc1ccccc1)C(=O)NC(CCCN=C(N)N)C(=O)NC(CO)C(=O)O. The molecule has 1 aromatic rings. The first kappa shape index (κ1) is 31.3. The Labute approximate surface area is 216 Å². The van der Waals surface area contributed by atoms with Crippen LogP contribution in [-0.4, -0.2) is 77.2 Å². The Morgan fingerprint density at radius 2 is 1.49 bits per heavy atom. The number of carbonyl (C=O) groups excluding carboxylic acids is 3. The molecule has 0 aliphatic carbocycles. The number of carboxylic acid groups (broad SMARTS) is 1. The van der Waals surface area contributed by atoms with Crippen molar-refractivity contribution in [2.24, 2.45) is 28.1 Å². The van der Waals surface area contributed by atoms with Crippen LogP contribution in [0.4, 0.5) is 0 Å². The van der Waals surface area contributed by atoms with E-state index < -0.39 is 54.5 Å². The van der Waals surface area contributed by atoms with Crippen LogP contribution in [0, 0.1) is 5.92 Å². The van der Waals surface area contributed by atoms with Gasteiger partial charge in [-0.15, -0.1) is 0 Å². The zero-order valence-electron chi connectivity index (χ0n) is 21.2. The second kappa shape index (κ2) is 16.1. The summed E-state index contributed by atoms with van der Waals surface area (Å²) < 4.78 is 0. The first-order valence-corrected chi connectivity index (χ1v) is 12.0. The lowest BCUT2D eigenvalue weighted by atomic mass is 10.0. The fourth-order valence-electron chi connectivity index (χ4n) is 3.46. The maximum atomic E-state index is 13.3. The third kappa shape index (κ3) is 12.2. The number of guanidine groups is 1. The van der Waals surface area contributed by atoms with E-state index in [-0.39, 0.29) is 37.7 Å². The van der Waals surface area contributed by atoms with Crippen molar-refractivity contribution in [3.63, 3.8) is 0 Å². The molecule has 0 aromatic heterocycles. The summed E-state index contributed by atoms with van der Waals surface area (Å²) in [4.78, 5) is 53.9. The van der Waals surface area contributed by atoms with Crippen molar-refractivity contribution < 1.29 is 29.4 Å². The van der Waals surface area contributed by atoms with Crippen LogP contribution in [0.5, 0.6) is 0 Å². The number of aliphatic imine (C=N–C) groups is 1. The van der Waals surface area contributed by atoms with Crippen LogP contribution in [0.3, 0.4) is 0 Å². The number of amides is 3. The first-order valence-electron chi connectivity index (χ1n) is 12.0. The van der Waals surface area contributed by atoms with Crippen LogP contribution < -0.4 is 33.2 Å². The van der Waals surface area contributed by atoms with Gasteiger partial charge in [0, 0.05) is 13.0 Å². The molecule has 0 radical (unpaired) electrons. The fourth-order valence-corrected chi connectivity index (χ4v) is 3.46. The lowest BCUT2D eigenvalue weighted by molar-refractivity contribution is -0.143. The maximum absolute atomic E-state index is 13.3. The molecule has 37 heavy (non-hydrogen) atoms. The fraction of sp³-hybridized carbons (Fsp3) is 0.542. The van der Waals surface area contributed by atoms with Crippen LogP contribution in [0.1, 0.15) is 38.7 Å². The predicted molar refractivity (Wildman–Crippen MR) is 138 cm³/mol. The van der Waals surface area contributed by atoms with Crippen LogP contribution >= 0.6 is 0 Å². The number of aliphatic carboxylic acids is 1. The van der Waals surface area contributed by atoms with Gasteiger partial charge in [0.1, 0.15) is 18.1 Å². The molecule has 3 amide bonds. The third-order valence-corrected chi connectivity index (χ3v) is 5.35. The van der Waals surface area contributed by atoms with Crippen LogP contribution in [0.25, 0.3) is 0 Å². The molecule has 0 aliphatic heterocycles. The topological polar surface area (TPSA) is 235 Å². The van der Waals surface area contributed by atoms with Crippen LogP contribution in [-0.2, 0) is 25.6 Å². The van der Waals surface area contributed by atoms with Crippen LogP contribution in [0.2, 0.25) is 0 Å². The van der Waals surface area contributed by atoms with Gasteiger partial charge in [-0.05, 0) is 30.7 Å². The molecule has 13 heteroatoms. The number of carbonyl (C=O) groups is 4. The van der Waals surface area contributed by atoms with E-state index in [9.17, 15) is 24.3 Å². The largest absolute Gasteiger partial charge is 0.480 e. The van der Waals surface area contributed by atoms with Gasteiger partial charge in [0.2, 0.25) is 17.7 Å². The molecule has 13 nitrogen and oxygen atoms in total. The molecular formula is C24H39N7O6. The number of benzene rings is 1. The molecule has 206 valence electrons. The number of carboxylic acids is 1. The van der Waals surface area contributed by atoms with E-state index in [1.54, 1.807) is 24.3 Å². The summed E-state index contributed by atoms with van der Waals surface area (Å²) in [6.07, 6.45) is 0.885. The summed E-state index contributed by atoms with van der Waals surface area (Å²) in [5.41, 5.74) is 17.4. The van der Waals surface area contributed by atoms with Crippen molar-refractivity contribution in [3.05, 3.63) is 35.9 Å². The second-order valence-corrected chi connectivity index (χ2v) is 9.08. The molecule has 1 aromatic carbocycles. The van der Waals surface area contributed by atoms with Gasteiger partial charge in [-0.1, -0.05) is 44.2 Å². The number of nitrogens with zero attached hydrogens (tertiary/aromatic N) is 1. The Balaban J connectivity index is 3.10. The summed E-state index contributed by atoms with van der Waals surface area (Å²) in [5.74, 6) is -3.40. The number of rotatable bonds is 16. The zero-order valence-corrected chi connectivity index (χ0v) is 21.2. The Kier molecular flexibility index (Phi) is 13.6. The minimum Gasteiger partial charge on any atom is -0.480 e. The summed E-state index contributed by atoms with van der Waals surface area (Å²) in [6.45, 7) is 3.17. The Bertz CT molecular complexity index is 921. The number of aliphatic hydroxyl groups is 1. The molecule has 4 unspecified atom stereocenters. The lowest BCUT2D eigenvalue weighted by Crippen LogP contribution is -2.58. The number of nitrogens with one attached hydrogen (secondary N) is 3. The van der Waals surface area contributed by atoms with E-state index in [0.29, 0.717) is 6.42 Å². The van der Waals surface area contributed by atoms with Gasteiger partial charge >= 0.3 is 5.97 Å². The molecule has 4 atom stereocenters. The average molecular weight is 522 g/mol. The summed E-state index contributed by atoms with van der Waals surface area (Å²) >= 11 is 0. The van der Waals surface area contributed by atoms with Gasteiger partial charge in [-0.25, -0.2) is 4.79 Å². The van der Waals surface area contributed by atoms with E-state index in [0.717, 1.165) is 5.56 Å². The number of hydrogen-bond acceptors (Lipinski definition) is 7. The van der Waals surface area contributed by atoms with Crippen molar-refractivity contribution in [2.75, 3.05) is 13.2 Å². The van der Waals surface area contributed by atoms with Gasteiger partial charge in [-0.3, -0.25) is 19.4 Å². The molecule has 0 saturated carbocycles. The number of hydrogen-bond donors (Lipinski definition) is 8. The minimum atomic E-state index is -1.56. The second-order valence-electron chi connectivity index (χ2n) is 9.08. The van der Waals surface area contributed by atoms with Gasteiger partial charge < -0.3 is 43.4 Å². The van der Waals surface area contributed by atoms with Crippen molar-refractivity contribution >= 4 is 29.7 Å². The zero-order chi connectivity index (χ0) is 28.0. The van der Waals surface area contributed by atoms with Crippen molar-refractivity contribution in [1.29, 1.82) is 0 Å². The Morgan fingerprint density at radius 1 is 0.919 bits per heavy atom. The summed E-state index contributed by atoms with van der Waals surface area (Å²) in [5, 5.41) is 25.9. The third-order valence-electron chi connectivity index (χ3n) is 5.35. The van der Waals surface area contributed by atoms with E-state index >= 15 is 0 Å². The van der Waals surface area contributed by atoms with Gasteiger partial charge in [-0.2, -0.15) is 0 Å². The normalized spacial score (nSPS) is 14.1. The van der Waals surface area contributed by atoms with E-state index in [1.807, 2.05) is 19.9 Å². The molecule has 1 rings (SSSR count). The minimum absolute atomic E-state index is 0.0605. The molecule has 11 N–H and O–H groups in total. The average Bonchev–Trinajstić information content (AvgIpc) is 2.83. The molecule has 0 aliphatic rings. The highest BCUT2D eigenvalue weighted by molar-refractivity contribution is 5.94. The maximum Gasteiger partial charge on any atom is 0.328 e. The number of aliphatic hydroxyl groups excluding tert-OH is 1. The number of nitrogens with two attached hydrogens (primary N) is 3. The highest BCUT2D eigenvalue weighted by Gasteiger charge is 2.30. The van der Waals surface area contributed by atoms with Gasteiger partial charge in [0.15, 0.2) is 5.96 Å². The highest BCUT2D eigenvalue weighted by Crippen LogP contribution is 2.08. The first-order chi connectivity index (χ1) is 17.4. The van der Waals surface area contributed by atoms with Gasteiger partial charge in [0.25, 0.3) is 0 Å². The molecule has 0 spiro atoms. The Morgan fingerprint density at radius 3 is 2.03 bits per heavy atom. The predicted octanol–water partition coefficient (Wildman–Crippen LogP) is -1.81. The smallest absolute Gasteiger partial charge is 0.328 e. The Hall–Kier alpha value is -3.71. The van der Waals surface area contributed by atoms with Gasteiger partial charge in [0.05, 0.1) is 12.6 Å². The summed E-state index contributed by atoms with van der Waals surface area (Å²) in [6, 6.07) is 4.34. The molecule has 0 fully saturated rings. The van der Waals surface area contributed by atoms with Crippen molar-refractivity contribution in [1.82, 2.24) is 16.0 Å². The molecule has 0 bridgehead atoms.